The largest absolute Gasteiger partial charge is 0.370 e. The number of nitrogens with one attached hydrogen (secondary N) is 2. The first-order chi connectivity index (χ1) is 25.4. The Balaban J connectivity index is 0.000000208. The Bertz CT molecular complexity index is 2270. The summed E-state index contributed by atoms with van der Waals surface area (Å²) in [5.74, 6) is 0.458. The van der Waals surface area contributed by atoms with Crippen molar-refractivity contribution in [3.8, 4) is 0 Å². The first-order valence-electron chi connectivity index (χ1n) is 17.2. The minimum atomic E-state index is -3.80. The number of rotatable bonds is 9. The highest BCUT2D eigenvalue weighted by Crippen LogP contribution is 2.34. The van der Waals surface area contributed by atoms with E-state index in [1.807, 2.05) is 0 Å². The maximum absolute atomic E-state index is 12.8. The zero-order valence-electron chi connectivity index (χ0n) is 29.4. The lowest BCUT2D eigenvalue weighted by atomic mass is 9.86. The molecule has 0 unspecified atom stereocenters. The molecule has 2 aromatic carbocycles. The van der Waals surface area contributed by atoms with Crippen LogP contribution in [0.1, 0.15) is 58.3 Å². The minimum Gasteiger partial charge on any atom is -0.370 e. The Morgan fingerprint density at radius 1 is 0.685 bits per heavy atom. The van der Waals surface area contributed by atoms with Gasteiger partial charge >= 0.3 is 0 Å². The number of hydrogen-bond acceptors (Lipinski definition) is 10. The Morgan fingerprint density at radius 2 is 1.07 bits per heavy atom. The van der Waals surface area contributed by atoms with Crippen LogP contribution >= 0.6 is 23.2 Å². The van der Waals surface area contributed by atoms with Crippen LogP contribution < -0.4 is 32.4 Å². The lowest BCUT2D eigenvalue weighted by Gasteiger charge is -2.29. The summed E-state index contributed by atoms with van der Waals surface area (Å²) in [5, 5.41) is 21.4. The molecule has 0 atom stereocenters. The molecule has 2 aromatic heterocycles. The van der Waals surface area contributed by atoms with Gasteiger partial charge in [-0.25, -0.2) is 36.2 Å². The lowest BCUT2D eigenvalue weighted by Crippen LogP contribution is -2.39. The fourth-order valence-electron chi connectivity index (χ4n) is 6.59. The van der Waals surface area contributed by atoms with Gasteiger partial charge in [-0.15, -0.1) is 0 Å². The molecule has 0 bridgehead atoms. The van der Waals surface area contributed by atoms with Gasteiger partial charge in [-0.05, 0) is 81.5 Å². The molecule has 12 N–H and O–H groups in total. The van der Waals surface area contributed by atoms with Crippen molar-refractivity contribution in [1.82, 2.24) is 19.4 Å². The molecule has 2 aliphatic rings. The first kappa shape index (κ1) is 41.3. The van der Waals surface area contributed by atoms with Crippen molar-refractivity contribution in [3.05, 3.63) is 58.8 Å². The average molecular weight is 824 g/mol. The Kier molecular flexibility index (Phi) is 13.2. The van der Waals surface area contributed by atoms with E-state index in [1.54, 1.807) is 12.1 Å². The van der Waals surface area contributed by atoms with Crippen molar-refractivity contribution >= 4 is 88.3 Å². The van der Waals surface area contributed by atoms with Crippen molar-refractivity contribution < 1.29 is 27.0 Å². The molecule has 292 valence electrons. The highest BCUT2D eigenvalue weighted by Gasteiger charge is 2.29. The quantitative estimate of drug-likeness (QED) is 0.0683. The molecular formula is C34H44Cl2N10O6S2. The molecule has 0 amide bonds. The van der Waals surface area contributed by atoms with E-state index < -0.39 is 26.3 Å². The van der Waals surface area contributed by atoms with Crippen LogP contribution in [0.25, 0.3) is 21.5 Å². The predicted octanol–water partition coefficient (Wildman–Crippen LogP) is 3.59. The van der Waals surface area contributed by atoms with Crippen LogP contribution in [0.15, 0.2) is 68.6 Å². The first-order valence-corrected chi connectivity index (χ1v) is 20.9. The molecule has 16 nitrogen and oxygen atoms in total. The van der Waals surface area contributed by atoms with E-state index in [0.717, 1.165) is 25.7 Å². The van der Waals surface area contributed by atoms with Crippen molar-refractivity contribution in [2.24, 2.45) is 44.8 Å². The van der Waals surface area contributed by atoms with Crippen LogP contribution in [0.5, 0.6) is 0 Å². The molecule has 54 heavy (non-hydrogen) atoms. The zero-order chi connectivity index (χ0) is 39.4. The molecule has 0 saturated heterocycles. The molecule has 2 saturated carbocycles. The maximum atomic E-state index is 12.8. The van der Waals surface area contributed by atoms with Crippen molar-refractivity contribution in [3.63, 3.8) is 0 Å². The van der Waals surface area contributed by atoms with Crippen molar-refractivity contribution in [2.45, 2.75) is 86.5 Å². The number of benzene rings is 2. The fraction of sp³-hybridized carbons (Fsp3) is 0.412. The van der Waals surface area contributed by atoms with Crippen molar-refractivity contribution in [1.29, 1.82) is 0 Å². The van der Waals surface area contributed by atoms with E-state index >= 15 is 0 Å². The highest BCUT2D eigenvalue weighted by atomic mass is 35.5. The molecule has 0 aliphatic heterocycles. The topological polar surface area (TPSA) is 287 Å². The number of guanidine groups is 2. The SMILES string of the molecule is CC1CCC(NS(=O)(=O)c2ccc3c(Cl)cnc(N=C(N)N)c3c2)CC1.NC(N)=Nc1ncc(Cl)c2ccc(S(=O)(=O)NC3CCC(C(O)O)CC3)cc12. The molecule has 2 fully saturated rings. The Labute approximate surface area is 323 Å². The summed E-state index contributed by atoms with van der Waals surface area (Å²) >= 11 is 12.3. The molecule has 6 rings (SSSR count). The van der Waals surface area contributed by atoms with Gasteiger partial charge in [-0.2, -0.15) is 9.98 Å². The number of aromatic nitrogens is 2. The third-order valence-electron chi connectivity index (χ3n) is 9.52. The van der Waals surface area contributed by atoms with Gasteiger partial charge in [0.2, 0.25) is 20.0 Å². The normalized spacial score (nSPS) is 20.6. The number of halogens is 2. The van der Waals surface area contributed by atoms with E-state index in [1.165, 1.54) is 36.7 Å². The molecule has 2 aliphatic carbocycles. The number of aliphatic hydroxyl groups is 2. The van der Waals surface area contributed by atoms with E-state index in [-0.39, 0.29) is 51.3 Å². The summed E-state index contributed by atoms with van der Waals surface area (Å²) in [4.78, 5) is 16.2. The minimum absolute atomic E-state index is 0.0402. The second-order valence-electron chi connectivity index (χ2n) is 13.6. The number of nitrogens with zero attached hydrogens (tertiary/aromatic N) is 4. The number of aliphatic imine (C=N–C) groups is 2. The monoisotopic (exact) mass is 822 g/mol. The van der Waals surface area contributed by atoms with Gasteiger partial charge in [0.1, 0.15) is 0 Å². The Hall–Kier alpha value is -3.88. The van der Waals surface area contributed by atoms with E-state index in [0.29, 0.717) is 63.2 Å². The summed E-state index contributed by atoms with van der Waals surface area (Å²) in [7, 11) is -7.46. The van der Waals surface area contributed by atoms with E-state index in [9.17, 15) is 27.0 Å². The third-order valence-corrected chi connectivity index (χ3v) is 13.2. The van der Waals surface area contributed by atoms with Gasteiger partial charge in [-0.1, -0.05) is 42.3 Å². The number of fused-ring (bicyclic) bond motifs is 2. The molecule has 4 aromatic rings. The highest BCUT2D eigenvalue weighted by molar-refractivity contribution is 7.89. The van der Waals surface area contributed by atoms with Gasteiger partial charge in [0.05, 0.1) is 19.8 Å². The van der Waals surface area contributed by atoms with Crippen LogP contribution in [-0.2, 0) is 20.0 Å². The third kappa shape index (κ3) is 10.2. The van der Waals surface area contributed by atoms with Gasteiger partial charge < -0.3 is 33.1 Å². The van der Waals surface area contributed by atoms with Gasteiger partial charge in [0.25, 0.3) is 0 Å². The van der Waals surface area contributed by atoms with Gasteiger partial charge in [0, 0.05) is 51.9 Å². The summed E-state index contributed by atoms with van der Waals surface area (Å²) < 4.78 is 56.7. The molecular weight excluding hydrogens is 779 g/mol. The van der Waals surface area contributed by atoms with Crippen LogP contribution in [0.2, 0.25) is 10.0 Å². The summed E-state index contributed by atoms with van der Waals surface area (Å²) in [6.07, 6.45) is 7.34. The van der Waals surface area contributed by atoms with Gasteiger partial charge in [0.15, 0.2) is 29.8 Å². The van der Waals surface area contributed by atoms with Crippen molar-refractivity contribution in [2.75, 3.05) is 0 Å². The van der Waals surface area contributed by atoms with Crippen LogP contribution in [0.4, 0.5) is 11.6 Å². The Morgan fingerprint density at radius 3 is 1.44 bits per heavy atom. The number of hydrogen-bond donors (Lipinski definition) is 8. The summed E-state index contributed by atoms with van der Waals surface area (Å²) in [6, 6.07) is 8.83. The molecule has 20 heteroatoms. The fourth-order valence-corrected chi connectivity index (χ4v) is 9.68. The second kappa shape index (κ2) is 17.3. The number of aliphatic hydroxyl groups excluding tert-OH is 1. The maximum Gasteiger partial charge on any atom is 0.240 e. The standard InChI is InChI=1S/C17H22ClN5O4S.C17H22ClN5O2S/c18-14-8-21-15(22-17(19)20)13-7-11(5-6-12(13)14)28(26,27)23-10-3-1-9(2-4-10)16(24)25;1-10-2-4-11(5-3-10)23-26(24,25)12-6-7-13-14(8-12)16(22-17(19)20)21-9-15(13)18/h5-10,16,23-25H,1-4H2,(H4,19,20,21,22);6-11,23H,2-5H2,1H3,(H4,19,20,21,22). The summed E-state index contributed by atoms with van der Waals surface area (Å²) in [6.45, 7) is 2.19. The number of sulfonamides is 2. The number of pyridine rings is 2. The molecule has 0 radical (unpaired) electrons. The molecule has 2 heterocycles. The summed E-state index contributed by atoms with van der Waals surface area (Å²) in [5.41, 5.74) is 21.7. The zero-order valence-corrected chi connectivity index (χ0v) is 32.5. The smallest absolute Gasteiger partial charge is 0.240 e. The predicted molar refractivity (Wildman–Crippen MR) is 210 cm³/mol. The van der Waals surface area contributed by atoms with Gasteiger partial charge in [-0.3, -0.25) is 0 Å². The second-order valence-corrected chi connectivity index (χ2v) is 17.8. The van der Waals surface area contributed by atoms with Crippen LogP contribution in [0, 0.1) is 11.8 Å². The van der Waals surface area contributed by atoms with E-state index in [2.05, 4.69) is 36.3 Å². The average Bonchev–Trinajstić information content (AvgIpc) is 3.11. The van der Waals surface area contributed by atoms with Crippen LogP contribution in [0.3, 0.4) is 0 Å². The van der Waals surface area contributed by atoms with Crippen LogP contribution in [-0.4, -0.2) is 67.3 Å². The lowest BCUT2D eigenvalue weighted by molar-refractivity contribution is -0.0938. The molecule has 0 spiro atoms. The number of nitrogens with two attached hydrogens (primary N) is 4. The van der Waals surface area contributed by atoms with E-state index in [4.69, 9.17) is 46.1 Å².